The number of hydrogen-bond donors (Lipinski definition) is 1. The number of carbonyl (C=O) groups is 1. The minimum absolute atomic E-state index is 0.101. The molecule has 1 heterocycles. The predicted molar refractivity (Wildman–Crippen MR) is 72.1 cm³/mol. The van der Waals surface area contributed by atoms with Crippen LogP contribution >= 0.6 is 15.9 Å². The van der Waals surface area contributed by atoms with Crippen molar-refractivity contribution >= 4 is 21.8 Å². The SMILES string of the molecule is CC1(C)CNCCN1C(=O)c1ccccc1Br. The number of nitrogens with one attached hydrogen (secondary N) is 1. The minimum atomic E-state index is -0.134. The molecule has 92 valence electrons. The molecule has 1 aromatic rings. The maximum atomic E-state index is 12.5. The van der Waals surface area contributed by atoms with Crippen molar-refractivity contribution in [2.24, 2.45) is 0 Å². The molecule has 1 aliphatic heterocycles. The van der Waals surface area contributed by atoms with Gasteiger partial charge in [-0.15, -0.1) is 0 Å². The van der Waals surface area contributed by atoms with Crippen molar-refractivity contribution < 1.29 is 4.79 Å². The number of hydrogen-bond acceptors (Lipinski definition) is 2. The van der Waals surface area contributed by atoms with Crippen LogP contribution < -0.4 is 5.32 Å². The van der Waals surface area contributed by atoms with Gasteiger partial charge < -0.3 is 10.2 Å². The van der Waals surface area contributed by atoms with Crippen molar-refractivity contribution in [3.63, 3.8) is 0 Å². The van der Waals surface area contributed by atoms with Crippen LogP contribution in [0.25, 0.3) is 0 Å². The van der Waals surface area contributed by atoms with Crippen molar-refractivity contribution in [1.82, 2.24) is 10.2 Å². The summed E-state index contributed by atoms with van der Waals surface area (Å²) in [5.74, 6) is 0.101. The van der Waals surface area contributed by atoms with Gasteiger partial charge in [0.25, 0.3) is 5.91 Å². The smallest absolute Gasteiger partial charge is 0.255 e. The van der Waals surface area contributed by atoms with E-state index in [2.05, 4.69) is 35.1 Å². The highest BCUT2D eigenvalue weighted by atomic mass is 79.9. The van der Waals surface area contributed by atoms with Gasteiger partial charge in [0.05, 0.1) is 11.1 Å². The average molecular weight is 297 g/mol. The molecule has 0 saturated carbocycles. The average Bonchev–Trinajstić information content (AvgIpc) is 2.28. The fourth-order valence-electron chi connectivity index (χ4n) is 2.14. The number of rotatable bonds is 1. The summed E-state index contributed by atoms with van der Waals surface area (Å²) in [6, 6.07) is 7.59. The van der Waals surface area contributed by atoms with E-state index in [1.165, 1.54) is 0 Å². The summed E-state index contributed by atoms with van der Waals surface area (Å²) in [5.41, 5.74) is 0.604. The summed E-state index contributed by atoms with van der Waals surface area (Å²) in [6.07, 6.45) is 0. The van der Waals surface area contributed by atoms with E-state index in [0.717, 1.165) is 29.7 Å². The van der Waals surface area contributed by atoms with Gasteiger partial charge in [0.15, 0.2) is 0 Å². The standard InChI is InChI=1S/C13H17BrN2O/c1-13(2)9-15-7-8-16(13)12(17)10-5-3-4-6-11(10)14/h3-6,15H,7-9H2,1-2H3. The zero-order valence-corrected chi connectivity index (χ0v) is 11.8. The second-order valence-corrected chi connectivity index (χ2v) is 5.78. The molecule has 1 fully saturated rings. The Balaban J connectivity index is 2.28. The van der Waals surface area contributed by atoms with E-state index in [9.17, 15) is 4.79 Å². The van der Waals surface area contributed by atoms with Crippen LogP contribution in [0.4, 0.5) is 0 Å². The van der Waals surface area contributed by atoms with Crippen LogP contribution in [0.3, 0.4) is 0 Å². The van der Waals surface area contributed by atoms with Gasteiger partial charge in [-0.1, -0.05) is 12.1 Å². The highest BCUT2D eigenvalue weighted by Crippen LogP contribution is 2.23. The molecule has 1 aliphatic rings. The van der Waals surface area contributed by atoms with Crippen LogP contribution in [0.5, 0.6) is 0 Å². The van der Waals surface area contributed by atoms with E-state index in [1.807, 2.05) is 29.2 Å². The summed E-state index contributed by atoms with van der Waals surface area (Å²) in [4.78, 5) is 14.5. The normalized spacial score (nSPS) is 19.1. The second kappa shape index (κ2) is 4.78. The first-order valence-corrected chi connectivity index (χ1v) is 6.59. The molecule has 0 aromatic heterocycles. The maximum absolute atomic E-state index is 12.5. The number of benzene rings is 1. The first-order chi connectivity index (χ1) is 8.02. The van der Waals surface area contributed by atoms with E-state index in [-0.39, 0.29) is 11.4 Å². The lowest BCUT2D eigenvalue weighted by molar-refractivity contribution is 0.0476. The molecule has 1 saturated heterocycles. The molecule has 17 heavy (non-hydrogen) atoms. The Morgan fingerprint density at radius 1 is 1.41 bits per heavy atom. The molecule has 1 N–H and O–H groups in total. The van der Waals surface area contributed by atoms with Gasteiger partial charge in [-0.25, -0.2) is 0 Å². The number of piperazine rings is 1. The van der Waals surface area contributed by atoms with Crippen LogP contribution in [0.2, 0.25) is 0 Å². The second-order valence-electron chi connectivity index (χ2n) is 4.93. The minimum Gasteiger partial charge on any atom is -0.331 e. The number of amides is 1. The summed E-state index contributed by atoms with van der Waals surface area (Å²) in [6.45, 7) is 6.64. The molecule has 0 bridgehead atoms. The van der Waals surface area contributed by atoms with Crippen LogP contribution in [0, 0.1) is 0 Å². The number of halogens is 1. The summed E-state index contributed by atoms with van der Waals surface area (Å²) >= 11 is 3.44. The first kappa shape index (κ1) is 12.6. The monoisotopic (exact) mass is 296 g/mol. The van der Waals surface area contributed by atoms with Gasteiger partial charge in [-0.2, -0.15) is 0 Å². The van der Waals surface area contributed by atoms with Gasteiger partial charge in [0.1, 0.15) is 0 Å². The zero-order valence-electron chi connectivity index (χ0n) is 10.2. The molecule has 0 atom stereocenters. The molecule has 4 heteroatoms. The fraction of sp³-hybridized carbons (Fsp3) is 0.462. The van der Waals surface area contributed by atoms with Crippen molar-refractivity contribution in [2.75, 3.05) is 19.6 Å². The van der Waals surface area contributed by atoms with Crippen LogP contribution in [0.15, 0.2) is 28.7 Å². The number of nitrogens with zero attached hydrogens (tertiary/aromatic N) is 1. The van der Waals surface area contributed by atoms with Crippen molar-refractivity contribution in [3.8, 4) is 0 Å². The quantitative estimate of drug-likeness (QED) is 0.862. The number of carbonyl (C=O) groups excluding carboxylic acids is 1. The van der Waals surface area contributed by atoms with E-state index < -0.39 is 0 Å². The summed E-state index contributed by atoms with van der Waals surface area (Å²) in [7, 11) is 0. The first-order valence-electron chi connectivity index (χ1n) is 5.79. The third-order valence-corrected chi connectivity index (χ3v) is 3.84. The van der Waals surface area contributed by atoms with Gasteiger partial charge in [0.2, 0.25) is 0 Å². The molecular formula is C13H17BrN2O. The Kier molecular flexibility index (Phi) is 3.54. The fourth-order valence-corrected chi connectivity index (χ4v) is 2.59. The maximum Gasteiger partial charge on any atom is 0.255 e. The third-order valence-electron chi connectivity index (χ3n) is 3.15. The summed E-state index contributed by atoms with van der Waals surface area (Å²) in [5, 5.41) is 3.32. The van der Waals surface area contributed by atoms with E-state index in [0.29, 0.717) is 0 Å². The van der Waals surface area contributed by atoms with Crippen molar-refractivity contribution in [1.29, 1.82) is 0 Å². The third kappa shape index (κ3) is 2.53. The molecular weight excluding hydrogens is 280 g/mol. The van der Waals surface area contributed by atoms with Gasteiger partial charge in [-0.05, 0) is 41.9 Å². The Bertz CT molecular complexity index is 431. The van der Waals surface area contributed by atoms with Gasteiger partial charge in [-0.3, -0.25) is 4.79 Å². The topological polar surface area (TPSA) is 32.3 Å². The highest BCUT2D eigenvalue weighted by Gasteiger charge is 2.34. The molecule has 0 spiro atoms. The molecule has 0 unspecified atom stereocenters. The highest BCUT2D eigenvalue weighted by molar-refractivity contribution is 9.10. The molecule has 1 aromatic carbocycles. The summed E-state index contributed by atoms with van der Waals surface area (Å²) < 4.78 is 0.860. The van der Waals surface area contributed by atoms with E-state index in [1.54, 1.807) is 0 Å². The Morgan fingerprint density at radius 3 is 2.76 bits per heavy atom. The molecule has 2 rings (SSSR count). The van der Waals surface area contributed by atoms with Crippen molar-refractivity contribution in [2.45, 2.75) is 19.4 Å². The zero-order chi connectivity index (χ0) is 12.5. The molecule has 0 aliphatic carbocycles. The van der Waals surface area contributed by atoms with Crippen LogP contribution in [-0.2, 0) is 0 Å². The molecule has 1 amide bonds. The molecule has 3 nitrogen and oxygen atoms in total. The Hall–Kier alpha value is -0.870. The molecule has 0 radical (unpaired) electrons. The van der Waals surface area contributed by atoms with Gasteiger partial charge >= 0.3 is 0 Å². The Morgan fingerprint density at radius 2 is 2.12 bits per heavy atom. The predicted octanol–water partition coefficient (Wildman–Crippen LogP) is 2.27. The lowest BCUT2D eigenvalue weighted by Gasteiger charge is -2.43. The lowest BCUT2D eigenvalue weighted by atomic mass is 9.99. The lowest BCUT2D eigenvalue weighted by Crippen LogP contribution is -2.59. The van der Waals surface area contributed by atoms with E-state index >= 15 is 0 Å². The van der Waals surface area contributed by atoms with Crippen LogP contribution in [-0.4, -0.2) is 36.0 Å². The Labute approximate surface area is 110 Å². The van der Waals surface area contributed by atoms with Gasteiger partial charge in [0, 0.05) is 24.1 Å². The largest absolute Gasteiger partial charge is 0.331 e. The van der Waals surface area contributed by atoms with Crippen LogP contribution in [0.1, 0.15) is 24.2 Å². The van der Waals surface area contributed by atoms with Crippen molar-refractivity contribution in [3.05, 3.63) is 34.3 Å². The van der Waals surface area contributed by atoms with E-state index in [4.69, 9.17) is 0 Å².